The number of aromatic nitrogens is 2. The number of nitrogens with two attached hydrogens (primary N) is 1. The van der Waals surface area contributed by atoms with Crippen LogP contribution >= 0.6 is 0 Å². The van der Waals surface area contributed by atoms with Crippen LogP contribution in [0.4, 0.5) is 21.6 Å². The number of nitro groups is 1. The molecule has 0 saturated heterocycles. The Kier molecular flexibility index (Phi) is 6.40. The Morgan fingerprint density at radius 3 is 2.56 bits per heavy atom. The Morgan fingerprint density at radius 1 is 1.28 bits per heavy atom. The lowest BCUT2D eigenvalue weighted by Crippen LogP contribution is -2.07. The molecule has 1 heterocycles. The zero-order valence-electron chi connectivity index (χ0n) is 16.9. The van der Waals surface area contributed by atoms with Crippen molar-refractivity contribution in [2.24, 2.45) is 0 Å². The molecule has 0 saturated carbocycles. The lowest BCUT2D eigenvalue weighted by Gasteiger charge is -2.08. The van der Waals surface area contributed by atoms with Crippen LogP contribution < -0.4 is 11.1 Å². The van der Waals surface area contributed by atoms with E-state index in [-0.39, 0.29) is 27.7 Å². The van der Waals surface area contributed by atoms with Crippen molar-refractivity contribution >= 4 is 27.0 Å². The summed E-state index contributed by atoms with van der Waals surface area (Å²) >= 11 is 0. The number of nitriles is 1. The molecule has 10 nitrogen and oxygen atoms in total. The molecule has 0 aliphatic carbocycles. The number of anilines is 2. The van der Waals surface area contributed by atoms with Gasteiger partial charge >= 0.3 is 0 Å². The van der Waals surface area contributed by atoms with Crippen LogP contribution in [0, 0.1) is 27.3 Å². The Labute approximate surface area is 183 Å². The number of halogens is 1. The highest BCUT2D eigenvalue weighted by molar-refractivity contribution is 7.90. The quantitative estimate of drug-likeness (QED) is 0.296. The number of sulfone groups is 1. The molecule has 0 spiro atoms. The van der Waals surface area contributed by atoms with Crippen molar-refractivity contribution < 1.29 is 17.7 Å². The van der Waals surface area contributed by atoms with E-state index in [2.05, 4.69) is 10.4 Å². The van der Waals surface area contributed by atoms with E-state index in [9.17, 15) is 28.2 Å². The van der Waals surface area contributed by atoms with Crippen molar-refractivity contribution in [3.63, 3.8) is 0 Å². The molecule has 12 heteroatoms. The predicted molar refractivity (Wildman–Crippen MR) is 116 cm³/mol. The van der Waals surface area contributed by atoms with Crippen LogP contribution in [-0.2, 0) is 16.3 Å². The molecule has 0 radical (unpaired) electrons. The number of nitrogens with one attached hydrogen (secondary N) is 1. The molecule has 3 N–H and O–H groups in total. The van der Waals surface area contributed by atoms with E-state index in [0.29, 0.717) is 30.8 Å². The summed E-state index contributed by atoms with van der Waals surface area (Å²) in [7, 11) is -3.58. The zero-order valence-corrected chi connectivity index (χ0v) is 17.8. The second kappa shape index (κ2) is 9.03. The van der Waals surface area contributed by atoms with Gasteiger partial charge in [-0.15, -0.1) is 0 Å². The van der Waals surface area contributed by atoms with Gasteiger partial charge in [-0.25, -0.2) is 17.5 Å². The third kappa shape index (κ3) is 4.84. The molecular weight excluding hydrogens is 439 g/mol. The average molecular weight is 458 g/mol. The molecule has 2 aromatic carbocycles. The highest BCUT2D eigenvalue weighted by atomic mass is 32.2. The predicted octanol–water partition coefficient (Wildman–Crippen LogP) is 2.82. The second-order valence-corrected chi connectivity index (χ2v) is 8.96. The third-order valence-corrected chi connectivity index (χ3v) is 5.79. The fourth-order valence-electron chi connectivity index (χ4n) is 3.08. The van der Waals surface area contributed by atoms with Crippen LogP contribution in [0.2, 0.25) is 0 Å². The van der Waals surface area contributed by atoms with Crippen LogP contribution in [0.5, 0.6) is 0 Å². The number of hydrogen-bond acceptors (Lipinski definition) is 8. The summed E-state index contributed by atoms with van der Waals surface area (Å²) in [5.41, 5.74) is 7.01. The minimum Gasteiger partial charge on any atom is -0.382 e. The molecule has 1 aromatic heterocycles. The molecule has 0 unspecified atom stereocenters. The monoisotopic (exact) mass is 458 g/mol. The third-order valence-electron chi connectivity index (χ3n) is 4.68. The van der Waals surface area contributed by atoms with Gasteiger partial charge in [-0.1, -0.05) is 0 Å². The SMILES string of the molecule is CS(=O)(=O)c1ccc(NCCCc2nn(-c3ccc(F)cc3)c(N)c2C#N)c([N+](=O)[O-])c1. The van der Waals surface area contributed by atoms with Gasteiger partial charge < -0.3 is 11.1 Å². The van der Waals surface area contributed by atoms with Gasteiger partial charge in [-0.2, -0.15) is 10.4 Å². The van der Waals surface area contributed by atoms with Crippen molar-refractivity contribution in [3.05, 3.63) is 69.7 Å². The number of nitro benzene ring substituents is 1. The molecule has 0 amide bonds. The molecule has 32 heavy (non-hydrogen) atoms. The normalized spacial score (nSPS) is 11.2. The van der Waals surface area contributed by atoms with E-state index in [1.807, 2.05) is 6.07 Å². The highest BCUT2D eigenvalue weighted by Gasteiger charge is 2.19. The summed E-state index contributed by atoms with van der Waals surface area (Å²) in [4.78, 5) is 10.5. The van der Waals surface area contributed by atoms with Gasteiger partial charge in [0, 0.05) is 18.9 Å². The fraction of sp³-hybridized carbons (Fsp3) is 0.200. The van der Waals surface area contributed by atoms with Gasteiger partial charge in [0.25, 0.3) is 5.69 Å². The maximum atomic E-state index is 13.2. The number of benzene rings is 2. The van der Waals surface area contributed by atoms with E-state index < -0.39 is 20.6 Å². The Morgan fingerprint density at radius 2 is 1.97 bits per heavy atom. The zero-order chi connectivity index (χ0) is 23.5. The van der Waals surface area contributed by atoms with Gasteiger partial charge in [0.05, 0.1) is 21.2 Å². The van der Waals surface area contributed by atoms with Gasteiger partial charge in [-0.05, 0) is 49.2 Å². The van der Waals surface area contributed by atoms with Crippen LogP contribution in [0.1, 0.15) is 17.7 Å². The summed E-state index contributed by atoms with van der Waals surface area (Å²) in [6.07, 6.45) is 1.78. The van der Waals surface area contributed by atoms with Gasteiger partial charge in [-0.3, -0.25) is 10.1 Å². The van der Waals surface area contributed by atoms with Crippen LogP contribution in [0.25, 0.3) is 5.69 Å². The van der Waals surface area contributed by atoms with Gasteiger partial charge in [0.2, 0.25) is 0 Å². The van der Waals surface area contributed by atoms with Crippen molar-refractivity contribution in [2.75, 3.05) is 23.9 Å². The van der Waals surface area contributed by atoms with Crippen molar-refractivity contribution in [1.29, 1.82) is 5.26 Å². The van der Waals surface area contributed by atoms with E-state index in [4.69, 9.17) is 5.73 Å². The van der Waals surface area contributed by atoms with Crippen molar-refractivity contribution in [2.45, 2.75) is 17.7 Å². The van der Waals surface area contributed by atoms with Crippen molar-refractivity contribution in [1.82, 2.24) is 9.78 Å². The molecule has 0 fully saturated rings. The topological polar surface area (TPSA) is 157 Å². The molecule has 0 atom stereocenters. The van der Waals surface area contributed by atoms with E-state index in [0.717, 1.165) is 12.3 Å². The molecule has 0 bridgehead atoms. The molecule has 3 aromatic rings. The van der Waals surface area contributed by atoms with Gasteiger partial charge in [0.1, 0.15) is 29.0 Å². The first-order valence-electron chi connectivity index (χ1n) is 9.37. The summed E-state index contributed by atoms with van der Waals surface area (Å²) in [6, 6.07) is 11.2. The molecule has 0 aliphatic rings. The standard InChI is InChI=1S/C20H19FN6O4S/c1-32(30,31)15-8-9-18(19(11-15)27(28)29)24-10-2-3-17-16(12-22)20(23)26(25-17)14-6-4-13(21)5-7-14/h4-9,11,24H,2-3,10,23H2,1H3. The minimum absolute atomic E-state index is 0.133. The summed E-state index contributed by atoms with van der Waals surface area (Å²) in [5.74, 6) is -0.279. The fourth-order valence-corrected chi connectivity index (χ4v) is 3.72. The Bertz CT molecular complexity index is 1310. The average Bonchev–Trinajstić information content (AvgIpc) is 3.06. The largest absolute Gasteiger partial charge is 0.382 e. The lowest BCUT2D eigenvalue weighted by atomic mass is 10.1. The number of rotatable bonds is 8. The van der Waals surface area contributed by atoms with E-state index >= 15 is 0 Å². The Balaban J connectivity index is 1.72. The smallest absolute Gasteiger partial charge is 0.293 e. The second-order valence-electron chi connectivity index (χ2n) is 6.95. The summed E-state index contributed by atoms with van der Waals surface area (Å²) < 4.78 is 37.8. The van der Waals surface area contributed by atoms with E-state index in [1.54, 1.807) is 0 Å². The number of aryl methyl sites for hydroxylation is 1. The van der Waals surface area contributed by atoms with Crippen molar-refractivity contribution in [3.8, 4) is 11.8 Å². The minimum atomic E-state index is -3.58. The first-order valence-corrected chi connectivity index (χ1v) is 11.3. The first kappa shape index (κ1) is 22.7. The maximum absolute atomic E-state index is 13.2. The molecular formula is C20H19FN6O4S. The van der Waals surface area contributed by atoms with E-state index in [1.165, 1.54) is 41.1 Å². The number of hydrogen-bond donors (Lipinski definition) is 2. The number of nitrogens with zero attached hydrogens (tertiary/aromatic N) is 4. The van der Waals surface area contributed by atoms with Crippen LogP contribution in [0.3, 0.4) is 0 Å². The number of nitrogen functional groups attached to an aromatic ring is 1. The molecule has 0 aliphatic heterocycles. The lowest BCUT2D eigenvalue weighted by molar-refractivity contribution is -0.384. The van der Waals surface area contributed by atoms with Crippen LogP contribution in [0.15, 0.2) is 47.4 Å². The first-order chi connectivity index (χ1) is 15.1. The van der Waals surface area contributed by atoms with Crippen LogP contribution in [-0.4, -0.2) is 35.9 Å². The highest BCUT2D eigenvalue weighted by Crippen LogP contribution is 2.28. The van der Waals surface area contributed by atoms with Gasteiger partial charge in [0.15, 0.2) is 9.84 Å². The Hall–Kier alpha value is -3.98. The molecule has 166 valence electrons. The summed E-state index contributed by atoms with van der Waals surface area (Å²) in [5, 5.41) is 28.0. The molecule has 3 rings (SSSR count). The summed E-state index contributed by atoms with van der Waals surface area (Å²) in [6.45, 7) is 0.299. The maximum Gasteiger partial charge on any atom is 0.293 e.